The van der Waals surface area contributed by atoms with Gasteiger partial charge in [0.1, 0.15) is 5.82 Å². The van der Waals surface area contributed by atoms with E-state index in [2.05, 4.69) is 44.2 Å². The molecule has 2 saturated heterocycles. The molecule has 3 heterocycles. The van der Waals surface area contributed by atoms with Gasteiger partial charge in [-0.25, -0.2) is 4.98 Å². The van der Waals surface area contributed by atoms with Gasteiger partial charge >= 0.3 is 0 Å². The van der Waals surface area contributed by atoms with Crippen molar-refractivity contribution in [2.24, 2.45) is 0 Å². The quantitative estimate of drug-likeness (QED) is 0.790. The van der Waals surface area contributed by atoms with Gasteiger partial charge in [0.05, 0.1) is 6.61 Å². The molecule has 134 valence electrons. The summed E-state index contributed by atoms with van der Waals surface area (Å²) in [6, 6.07) is 5.07. The molecule has 2 fully saturated rings. The molecular formula is C18H31N5O. The van der Waals surface area contributed by atoms with Gasteiger partial charge in [-0.05, 0) is 18.1 Å². The minimum absolute atomic E-state index is 0.723. The smallest absolute Gasteiger partial charge is 0.128 e. The van der Waals surface area contributed by atoms with Crippen LogP contribution in [0.15, 0.2) is 18.3 Å². The molecule has 24 heavy (non-hydrogen) atoms. The Morgan fingerprint density at radius 1 is 1.29 bits per heavy atom. The van der Waals surface area contributed by atoms with Crippen LogP contribution < -0.4 is 10.2 Å². The van der Waals surface area contributed by atoms with Gasteiger partial charge in [-0.15, -0.1) is 0 Å². The number of nitrogens with zero attached hydrogens (tertiary/aromatic N) is 4. The summed E-state index contributed by atoms with van der Waals surface area (Å²) in [6.07, 6.45) is 3.32. The summed E-state index contributed by atoms with van der Waals surface area (Å²) in [4.78, 5) is 12.0. The van der Waals surface area contributed by atoms with E-state index in [4.69, 9.17) is 4.74 Å². The van der Waals surface area contributed by atoms with Crippen LogP contribution in [0.2, 0.25) is 0 Å². The van der Waals surface area contributed by atoms with E-state index in [1.807, 2.05) is 6.20 Å². The van der Waals surface area contributed by atoms with Crippen molar-refractivity contribution in [3.8, 4) is 0 Å². The van der Waals surface area contributed by atoms with Gasteiger partial charge in [-0.1, -0.05) is 6.07 Å². The highest BCUT2D eigenvalue weighted by Gasteiger charge is 2.28. The Balaban J connectivity index is 1.48. The molecule has 1 atom stereocenters. The van der Waals surface area contributed by atoms with Crippen molar-refractivity contribution in [1.82, 2.24) is 20.1 Å². The third kappa shape index (κ3) is 4.66. The number of rotatable bonds is 7. The fourth-order valence-electron chi connectivity index (χ4n) is 3.64. The maximum atomic E-state index is 5.12. The first-order valence-corrected chi connectivity index (χ1v) is 9.08. The highest BCUT2D eigenvalue weighted by atomic mass is 16.5. The molecule has 1 unspecified atom stereocenters. The van der Waals surface area contributed by atoms with Crippen molar-refractivity contribution < 1.29 is 4.74 Å². The minimum Gasteiger partial charge on any atom is -0.383 e. The van der Waals surface area contributed by atoms with Crippen LogP contribution >= 0.6 is 0 Å². The summed E-state index contributed by atoms with van der Waals surface area (Å²) in [7, 11) is 3.79. The standard InChI is InChI=1S/C18H31N5O/c1-21(11-12-24-2)18-4-3-16(13-20-18)14-22-8-5-17(15-22)23-9-6-19-7-10-23/h3-4,13,17,19H,5-12,14-15H2,1-2H3. The van der Waals surface area contributed by atoms with E-state index in [9.17, 15) is 0 Å². The maximum Gasteiger partial charge on any atom is 0.128 e. The Hall–Kier alpha value is -1.21. The Bertz CT molecular complexity index is 489. The zero-order valence-electron chi connectivity index (χ0n) is 15.1. The largest absolute Gasteiger partial charge is 0.383 e. The van der Waals surface area contributed by atoms with Gasteiger partial charge in [-0.3, -0.25) is 9.80 Å². The average molecular weight is 333 g/mol. The predicted molar refractivity (Wildman–Crippen MR) is 97.5 cm³/mol. The summed E-state index contributed by atoms with van der Waals surface area (Å²) >= 11 is 0. The van der Waals surface area contributed by atoms with Crippen LogP contribution in [0.1, 0.15) is 12.0 Å². The predicted octanol–water partition coefficient (Wildman–Crippen LogP) is 0.644. The number of pyridine rings is 1. The van der Waals surface area contributed by atoms with E-state index in [0.717, 1.165) is 44.6 Å². The van der Waals surface area contributed by atoms with Crippen molar-refractivity contribution >= 4 is 5.82 Å². The number of likely N-dealkylation sites (tertiary alicyclic amines) is 1. The van der Waals surface area contributed by atoms with Crippen LogP contribution in [-0.2, 0) is 11.3 Å². The lowest BCUT2D eigenvalue weighted by Crippen LogP contribution is -2.49. The van der Waals surface area contributed by atoms with Crippen LogP contribution in [-0.4, -0.2) is 87.4 Å². The number of nitrogens with one attached hydrogen (secondary N) is 1. The number of hydrogen-bond acceptors (Lipinski definition) is 6. The van der Waals surface area contributed by atoms with Crippen molar-refractivity contribution in [3.63, 3.8) is 0 Å². The van der Waals surface area contributed by atoms with E-state index >= 15 is 0 Å². The van der Waals surface area contributed by atoms with Crippen LogP contribution in [0.5, 0.6) is 0 Å². The molecule has 0 radical (unpaired) electrons. The molecular weight excluding hydrogens is 302 g/mol. The Morgan fingerprint density at radius 2 is 2.12 bits per heavy atom. The van der Waals surface area contributed by atoms with Gasteiger partial charge < -0.3 is 15.0 Å². The topological polar surface area (TPSA) is 43.9 Å². The number of ether oxygens (including phenoxy) is 1. The minimum atomic E-state index is 0.723. The summed E-state index contributed by atoms with van der Waals surface area (Å²) < 4.78 is 5.12. The van der Waals surface area contributed by atoms with Gasteiger partial charge in [0.2, 0.25) is 0 Å². The molecule has 2 aliphatic heterocycles. The monoisotopic (exact) mass is 333 g/mol. The molecule has 1 aromatic heterocycles. The first-order valence-electron chi connectivity index (χ1n) is 9.08. The molecule has 1 N–H and O–H groups in total. The second-order valence-electron chi connectivity index (χ2n) is 6.90. The molecule has 0 saturated carbocycles. The second kappa shape index (κ2) is 8.76. The lowest BCUT2D eigenvalue weighted by molar-refractivity contribution is 0.170. The molecule has 2 aliphatic rings. The highest BCUT2D eigenvalue weighted by Crippen LogP contribution is 2.19. The van der Waals surface area contributed by atoms with Crippen molar-refractivity contribution in [3.05, 3.63) is 23.9 Å². The second-order valence-corrected chi connectivity index (χ2v) is 6.90. The van der Waals surface area contributed by atoms with E-state index < -0.39 is 0 Å². The SMILES string of the molecule is COCCN(C)c1ccc(CN2CCC(N3CCNCC3)C2)cn1. The fraction of sp³-hybridized carbons (Fsp3) is 0.722. The summed E-state index contributed by atoms with van der Waals surface area (Å²) in [5, 5.41) is 3.44. The first-order chi connectivity index (χ1) is 11.8. The molecule has 3 rings (SSSR count). The summed E-state index contributed by atoms with van der Waals surface area (Å²) in [5.74, 6) is 1.01. The van der Waals surface area contributed by atoms with E-state index in [0.29, 0.717) is 0 Å². The summed E-state index contributed by atoms with van der Waals surface area (Å²) in [5.41, 5.74) is 1.31. The van der Waals surface area contributed by atoms with Crippen LogP contribution in [0, 0.1) is 0 Å². The zero-order chi connectivity index (χ0) is 16.8. The van der Waals surface area contributed by atoms with Gasteiger partial charge in [0.25, 0.3) is 0 Å². The van der Waals surface area contributed by atoms with Gasteiger partial charge in [0.15, 0.2) is 0 Å². The van der Waals surface area contributed by atoms with E-state index in [-0.39, 0.29) is 0 Å². The van der Waals surface area contributed by atoms with Crippen molar-refractivity contribution in [2.45, 2.75) is 19.0 Å². The lowest BCUT2D eigenvalue weighted by Gasteiger charge is -2.32. The number of anilines is 1. The van der Waals surface area contributed by atoms with Gasteiger partial charge in [0, 0.05) is 78.8 Å². The highest BCUT2D eigenvalue weighted by molar-refractivity contribution is 5.38. The molecule has 0 aromatic carbocycles. The number of methoxy groups -OCH3 is 1. The first kappa shape index (κ1) is 17.6. The fourth-order valence-corrected chi connectivity index (χ4v) is 3.64. The molecule has 0 amide bonds. The molecule has 0 spiro atoms. The van der Waals surface area contributed by atoms with E-state index in [1.54, 1.807) is 7.11 Å². The Morgan fingerprint density at radius 3 is 2.83 bits per heavy atom. The number of hydrogen-bond donors (Lipinski definition) is 1. The molecule has 0 bridgehead atoms. The molecule has 0 aliphatic carbocycles. The maximum absolute atomic E-state index is 5.12. The summed E-state index contributed by atoms with van der Waals surface area (Å²) in [6.45, 7) is 9.65. The van der Waals surface area contributed by atoms with Gasteiger partial charge in [-0.2, -0.15) is 0 Å². The Labute approximate surface area is 145 Å². The zero-order valence-corrected chi connectivity index (χ0v) is 15.1. The van der Waals surface area contributed by atoms with Crippen molar-refractivity contribution in [2.75, 3.05) is 71.5 Å². The van der Waals surface area contributed by atoms with Crippen molar-refractivity contribution in [1.29, 1.82) is 0 Å². The average Bonchev–Trinajstić information content (AvgIpc) is 3.09. The number of piperazine rings is 1. The third-order valence-electron chi connectivity index (χ3n) is 5.15. The third-order valence-corrected chi connectivity index (χ3v) is 5.15. The van der Waals surface area contributed by atoms with Crippen LogP contribution in [0.25, 0.3) is 0 Å². The lowest BCUT2D eigenvalue weighted by atomic mass is 10.2. The normalized spacial score (nSPS) is 22.8. The van der Waals surface area contributed by atoms with Crippen LogP contribution in [0.4, 0.5) is 5.82 Å². The Kier molecular flexibility index (Phi) is 6.43. The number of likely N-dealkylation sites (N-methyl/N-ethyl adjacent to an activating group) is 1. The molecule has 6 nitrogen and oxygen atoms in total. The van der Waals surface area contributed by atoms with Crippen LogP contribution in [0.3, 0.4) is 0 Å². The molecule has 6 heteroatoms. The number of aromatic nitrogens is 1. The molecule has 1 aromatic rings. The van der Waals surface area contributed by atoms with E-state index in [1.165, 1.54) is 38.2 Å².